The summed E-state index contributed by atoms with van der Waals surface area (Å²) >= 11 is 0. The van der Waals surface area contributed by atoms with E-state index in [0.29, 0.717) is 24.6 Å². The van der Waals surface area contributed by atoms with E-state index in [9.17, 15) is 9.59 Å². The van der Waals surface area contributed by atoms with Crippen LogP contribution in [0.4, 0.5) is 11.6 Å². The lowest BCUT2D eigenvalue weighted by molar-refractivity contribution is -0.133. The standard InChI is InChI=1S/C23H33N9O.C10H13NO2/c1-28-7-9-29(10-8-28)21(33)16-31-15-19(12-24-31)25-23-26-22-20(3-2-6-32(22)27-23)30-13-17-4-5-18(11-17)14-30;1-11(2)10(13)9-5-3-4-8(6-9)7-12/h2-3,6,15,17-18,24H,4-5,7-14,16H2,1H3,(H,25,27);3-6,12H,7H2,1-2H3/t17-,18+;. The number of anilines is 2. The van der Waals surface area contributed by atoms with Gasteiger partial charge in [-0.3, -0.25) is 9.59 Å². The number of hydrogen-bond acceptors (Lipinski definition) is 10. The van der Waals surface area contributed by atoms with Crippen molar-refractivity contribution in [3.63, 3.8) is 0 Å². The van der Waals surface area contributed by atoms with E-state index in [-0.39, 0.29) is 18.4 Å². The molecule has 3 aliphatic heterocycles. The molecule has 2 atom stereocenters. The van der Waals surface area contributed by atoms with Crippen molar-refractivity contribution in [1.29, 1.82) is 0 Å². The second-order valence-electron chi connectivity index (χ2n) is 13.0. The summed E-state index contributed by atoms with van der Waals surface area (Å²) in [6.07, 6.45) is 8.01. The normalized spacial score (nSPS) is 21.2. The van der Waals surface area contributed by atoms with Gasteiger partial charge >= 0.3 is 0 Å². The summed E-state index contributed by atoms with van der Waals surface area (Å²) in [5.41, 5.74) is 7.66. The number of nitrogens with zero attached hydrogens (tertiary/aromatic N) is 8. The highest BCUT2D eigenvalue weighted by atomic mass is 16.3. The molecule has 46 heavy (non-hydrogen) atoms. The quantitative estimate of drug-likeness (QED) is 0.355. The summed E-state index contributed by atoms with van der Waals surface area (Å²) in [4.78, 5) is 37.1. The third kappa shape index (κ3) is 7.43. The number of aliphatic hydroxyl groups is 1. The van der Waals surface area contributed by atoms with E-state index in [1.54, 1.807) is 38.4 Å². The fourth-order valence-corrected chi connectivity index (χ4v) is 6.75. The van der Waals surface area contributed by atoms with Gasteiger partial charge in [0, 0.05) is 71.3 Å². The highest BCUT2D eigenvalue weighted by molar-refractivity contribution is 5.94. The van der Waals surface area contributed by atoms with Crippen LogP contribution in [0.15, 0.2) is 54.5 Å². The van der Waals surface area contributed by atoms with E-state index >= 15 is 0 Å². The number of carbonyl (C=O) groups is 2. The Morgan fingerprint density at radius 2 is 1.83 bits per heavy atom. The topological polar surface area (TPSA) is 125 Å². The van der Waals surface area contributed by atoms with Crippen molar-refractivity contribution < 1.29 is 14.7 Å². The average Bonchev–Trinajstić information content (AvgIpc) is 3.78. The van der Waals surface area contributed by atoms with Crippen LogP contribution in [0, 0.1) is 11.8 Å². The van der Waals surface area contributed by atoms with E-state index in [2.05, 4.69) is 44.8 Å². The molecular weight excluding hydrogens is 584 g/mol. The van der Waals surface area contributed by atoms with Gasteiger partial charge in [-0.25, -0.2) is 9.94 Å². The van der Waals surface area contributed by atoms with Crippen LogP contribution in [0.1, 0.15) is 35.2 Å². The minimum absolute atomic E-state index is 0.0332. The first kappa shape index (κ1) is 31.8. The maximum absolute atomic E-state index is 12.6. The first-order valence-electron chi connectivity index (χ1n) is 16.2. The molecule has 3 fully saturated rings. The third-order valence-electron chi connectivity index (χ3n) is 9.27. The van der Waals surface area contributed by atoms with Crippen molar-refractivity contribution >= 4 is 29.1 Å². The summed E-state index contributed by atoms with van der Waals surface area (Å²) in [6, 6.07) is 11.2. The van der Waals surface area contributed by atoms with E-state index in [1.165, 1.54) is 29.8 Å². The predicted molar refractivity (Wildman–Crippen MR) is 177 cm³/mol. The van der Waals surface area contributed by atoms with Crippen LogP contribution >= 0.6 is 0 Å². The van der Waals surface area contributed by atoms with Crippen molar-refractivity contribution in [2.24, 2.45) is 11.8 Å². The van der Waals surface area contributed by atoms with E-state index in [1.807, 2.05) is 26.8 Å². The number of pyridine rings is 1. The van der Waals surface area contributed by atoms with Crippen molar-refractivity contribution in [1.82, 2.24) is 39.7 Å². The van der Waals surface area contributed by atoms with Gasteiger partial charge in [0.2, 0.25) is 11.9 Å². The third-order valence-corrected chi connectivity index (χ3v) is 9.27. The van der Waals surface area contributed by atoms with E-state index in [4.69, 9.17) is 10.1 Å². The molecule has 1 aromatic carbocycles. The number of piperidine rings is 1. The van der Waals surface area contributed by atoms with Crippen LogP contribution in [-0.2, 0) is 11.4 Å². The maximum Gasteiger partial charge on any atom is 0.253 e. The SMILES string of the molecule is CN(C)C(=O)c1cccc(CO)c1.CN1CCN(C(=O)CN2C=C(Nc3nc4c(N5C[C@@H]6CC[C@@H](C6)C5)cccn4n3)CN2)CC1. The van der Waals surface area contributed by atoms with E-state index in [0.717, 1.165) is 68.0 Å². The summed E-state index contributed by atoms with van der Waals surface area (Å²) < 4.78 is 1.87. The number of hydrazine groups is 1. The average molecular weight is 631 g/mol. The smallest absolute Gasteiger partial charge is 0.253 e. The van der Waals surface area contributed by atoms with Gasteiger partial charge in [-0.2, -0.15) is 4.98 Å². The summed E-state index contributed by atoms with van der Waals surface area (Å²) in [5.74, 6) is 2.33. The number of nitrogens with one attached hydrogen (secondary N) is 2. The summed E-state index contributed by atoms with van der Waals surface area (Å²) in [6.45, 7) is 6.62. The van der Waals surface area contributed by atoms with Gasteiger partial charge in [-0.05, 0) is 68.0 Å². The van der Waals surface area contributed by atoms with E-state index < -0.39 is 0 Å². The molecule has 2 aromatic heterocycles. The molecular formula is C33H46N10O3. The Labute approximate surface area is 270 Å². The molecule has 7 rings (SSSR count). The largest absolute Gasteiger partial charge is 0.392 e. The number of rotatable bonds is 7. The first-order chi connectivity index (χ1) is 22.2. The van der Waals surface area contributed by atoms with Gasteiger partial charge in [0.1, 0.15) is 6.54 Å². The number of piperazine rings is 1. The zero-order valence-electron chi connectivity index (χ0n) is 27.1. The van der Waals surface area contributed by atoms with Crippen LogP contribution in [0.5, 0.6) is 0 Å². The molecule has 1 saturated carbocycles. The van der Waals surface area contributed by atoms with Crippen LogP contribution < -0.4 is 15.6 Å². The van der Waals surface area contributed by atoms with Crippen molar-refractivity contribution in [2.75, 3.05) is 83.7 Å². The fraction of sp³-hybridized carbons (Fsp3) is 0.515. The Hall–Kier alpha value is -4.20. The molecule has 5 heterocycles. The van der Waals surface area contributed by atoms with Crippen molar-refractivity contribution in [3.05, 3.63) is 65.6 Å². The number of aromatic nitrogens is 3. The molecule has 4 aliphatic rings. The molecule has 13 nitrogen and oxygen atoms in total. The molecule has 0 spiro atoms. The van der Waals surface area contributed by atoms with Crippen LogP contribution in [-0.4, -0.2) is 125 Å². The number of aliphatic hydroxyl groups excluding tert-OH is 1. The zero-order valence-corrected chi connectivity index (χ0v) is 27.1. The monoisotopic (exact) mass is 630 g/mol. The molecule has 1 aliphatic carbocycles. The predicted octanol–water partition coefficient (Wildman–Crippen LogP) is 1.69. The van der Waals surface area contributed by atoms with Gasteiger partial charge < -0.3 is 35.0 Å². The Bertz CT molecular complexity index is 1550. The molecule has 2 amide bonds. The lowest BCUT2D eigenvalue weighted by Gasteiger charge is -2.33. The number of fused-ring (bicyclic) bond motifs is 3. The molecule has 246 valence electrons. The van der Waals surface area contributed by atoms with Gasteiger partial charge in [0.15, 0.2) is 5.65 Å². The zero-order chi connectivity index (χ0) is 32.2. The Morgan fingerprint density at radius 1 is 1.07 bits per heavy atom. The first-order valence-corrected chi connectivity index (χ1v) is 16.2. The minimum Gasteiger partial charge on any atom is -0.392 e. The summed E-state index contributed by atoms with van der Waals surface area (Å²) in [7, 11) is 5.50. The lowest BCUT2D eigenvalue weighted by Crippen LogP contribution is -2.50. The maximum atomic E-state index is 12.6. The number of likely N-dealkylation sites (N-methyl/N-ethyl adjacent to an activating group) is 1. The lowest BCUT2D eigenvalue weighted by atomic mass is 9.98. The Balaban J connectivity index is 0.000000242. The molecule has 0 unspecified atom stereocenters. The van der Waals surface area contributed by atoms with Gasteiger partial charge in [0.05, 0.1) is 24.5 Å². The van der Waals surface area contributed by atoms with Crippen LogP contribution in [0.2, 0.25) is 0 Å². The number of benzene rings is 1. The molecule has 2 bridgehead atoms. The number of amides is 2. The van der Waals surface area contributed by atoms with Crippen molar-refractivity contribution in [2.45, 2.75) is 25.9 Å². The van der Waals surface area contributed by atoms with Crippen LogP contribution in [0.25, 0.3) is 5.65 Å². The highest BCUT2D eigenvalue weighted by Gasteiger charge is 2.34. The molecule has 0 radical (unpaired) electrons. The highest BCUT2D eigenvalue weighted by Crippen LogP contribution is 2.39. The second-order valence-corrected chi connectivity index (χ2v) is 13.0. The minimum atomic E-state index is -0.0460. The van der Waals surface area contributed by atoms with Crippen LogP contribution in [0.3, 0.4) is 0 Å². The van der Waals surface area contributed by atoms with Crippen molar-refractivity contribution in [3.8, 4) is 0 Å². The fourth-order valence-electron chi connectivity index (χ4n) is 6.75. The number of hydrogen-bond donors (Lipinski definition) is 3. The van der Waals surface area contributed by atoms with Gasteiger partial charge in [0.25, 0.3) is 5.91 Å². The summed E-state index contributed by atoms with van der Waals surface area (Å²) in [5, 5.41) is 18.7. The number of carbonyl (C=O) groups excluding carboxylic acids is 2. The molecule has 3 N–H and O–H groups in total. The molecule has 3 aromatic rings. The Morgan fingerprint density at radius 3 is 2.54 bits per heavy atom. The Kier molecular flexibility index (Phi) is 9.71. The second kappa shape index (κ2) is 14.1. The molecule has 13 heteroatoms. The van der Waals surface area contributed by atoms with Gasteiger partial charge in [-0.15, -0.1) is 5.10 Å². The van der Waals surface area contributed by atoms with Gasteiger partial charge in [-0.1, -0.05) is 12.1 Å². The molecule has 2 saturated heterocycles.